The molecule has 5 heterocycles. The predicted molar refractivity (Wildman–Crippen MR) is 211 cm³/mol. The van der Waals surface area contributed by atoms with Crippen molar-refractivity contribution in [3.8, 4) is 6.07 Å². The molecule has 4 amide bonds. The first-order valence-corrected chi connectivity index (χ1v) is 19.8. The molecule has 3 aromatic carbocycles. The molecule has 56 heavy (non-hydrogen) atoms. The Morgan fingerprint density at radius 1 is 0.821 bits per heavy atom. The van der Waals surface area contributed by atoms with Crippen LogP contribution in [0.2, 0.25) is 0 Å². The van der Waals surface area contributed by atoms with Gasteiger partial charge in [0.25, 0.3) is 11.8 Å². The highest BCUT2D eigenvalue weighted by atomic mass is 16.2. The molecule has 5 aliphatic rings. The second kappa shape index (κ2) is 13.4. The fourth-order valence-corrected chi connectivity index (χ4v) is 9.72. The molecule has 4 aromatic rings. The Labute approximate surface area is 325 Å². The van der Waals surface area contributed by atoms with E-state index in [2.05, 4.69) is 64.0 Å². The van der Waals surface area contributed by atoms with Gasteiger partial charge in [0.15, 0.2) is 5.78 Å². The summed E-state index contributed by atoms with van der Waals surface area (Å²) in [4.78, 5) is 76.6. The second-order valence-electron chi connectivity index (χ2n) is 16.5. The van der Waals surface area contributed by atoms with E-state index in [1.807, 2.05) is 18.2 Å². The Balaban J connectivity index is 0.835. The molecule has 1 aromatic heterocycles. The number of piperidine rings is 2. The SMILES string of the molecule is CCc1cc2c(cc1N1CCC(CN3CCN(c4ccc5c(c4)C(=O)N(C4CCC(=O)NC4=O)C5=O)CC3)CC1)C(C)(C)c1[nH]c3cc(C#N)ccc3c1C2=O. The normalized spacial score (nSPS) is 21.3. The van der Waals surface area contributed by atoms with Gasteiger partial charge in [-0.3, -0.25) is 39.1 Å². The minimum atomic E-state index is -0.973. The Bertz CT molecular complexity index is 2410. The highest BCUT2D eigenvalue weighted by Crippen LogP contribution is 2.46. The topological polar surface area (TPSA) is 150 Å². The smallest absolute Gasteiger partial charge is 0.262 e. The van der Waals surface area contributed by atoms with Crippen LogP contribution in [0.25, 0.3) is 10.9 Å². The Morgan fingerprint density at radius 3 is 2.29 bits per heavy atom. The molecular weight excluding hydrogens is 707 g/mol. The van der Waals surface area contributed by atoms with Crippen molar-refractivity contribution in [2.45, 2.75) is 64.3 Å². The van der Waals surface area contributed by atoms with E-state index in [9.17, 15) is 29.2 Å². The van der Waals surface area contributed by atoms with Crippen LogP contribution >= 0.6 is 0 Å². The quantitative estimate of drug-likeness (QED) is 0.262. The van der Waals surface area contributed by atoms with Crippen molar-refractivity contribution >= 4 is 51.7 Å². The minimum absolute atomic E-state index is 0.0431. The Hall–Kier alpha value is -5.80. The number of nitrogens with one attached hydrogen (secondary N) is 2. The molecule has 0 bridgehead atoms. The van der Waals surface area contributed by atoms with Crippen LogP contribution in [0, 0.1) is 17.2 Å². The summed E-state index contributed by atoms with van der Waals surface area (Å²) >= 11 is 0. The van der Waals surface area contributed by atoms with E-state index in [1.54, 1.807) is 18.2 Å². The van der Waals surface area contributed by atoms with Crippen molar-refractivity contribution in [3.63, 3.8) is 0 Å². The number of H-pyrrole nitrogens is 1. The molecular formula is C44H45N7O5. The van der Waals surface area contributed by atoms with Gasteiger partial charge in [-0.15, -0.1) is 0 Å². The number of rotatable bonds is 6. The van der Waals surface area contributed by atoms with Crippen molar-refractivity contribution in [2.24, 2.45) is 5.92 Å². The van der Waals surface area contributed by atoms with E-state index in [0.717, 1.165) is 109 Å². The number of fused-ring (bicyclic) bond motifs is 5. The summed E-state index contributed by atoms with van der Waals surface area (Å²) < 4.78 is 0. The lowest BCUT2D eigenvalue weighted by atomic mass is 9.70. The minimum Gasteiger partial charge on any atom is -0.371 e. The highest BCUT2D eigenvalue weighted by molar-refractivity contribution is 6.24. The number of nitrogens with zero attached hydrogens (tertiary/aromatic N) is 5. The van der Waals surface area contributed by atoms with Crippen molar-refractivity contribution in [2.75, 3.05) is 55.6 Å². The summed E-state index contributed by atoms with van der Waals surface area (Å²) in [6.45, 7) is 12.9. The van der Waals surface area contributed by atoms with Gasteiger partial charge in [-0.25, -0.2) is 0 Å². The van der Waals surface area contributed by atoms with E-state index in [4.69, 9.17) is 0 Å². The molecule has 286 valence electrons. The van der Waals surface area contributed by atoms with Crippen LogP contribution in [-0.2, 0) is 21.4 Å². The molecule has 0 spiro atoms. The molecule has 1 unspecified atom stereocenters. The number of aromatic nitrogens is 1. The Kier molecular flexibility index (Phi) is 8.61. The molecule has 2 N–H and O–H groups in total. The number of aryl methyl sites for hydroxylation is 1. The maximum absolute atomic E-state index is 14.1. The van der Waals surface area contributed by atoms with Crippen LogP contribution in [0.3, 0.4) is 0 Å². The number of amides is 4. The van der Waals surface area contributed by atoms with Gasteiger partial charge in [-0.1, -0.05) is 26.8 Å². The van der Waals surface area contributed by atoms with Crippen LogP contribution in [0.5, 0.6) is 0 Å². The largest absolute Gasteiger partial charge is 0.371 e. The fraction of sp³-hybridized carbons (Fsp3) is 0.409. The molecule has 9 rings (SSSR count). The van der Waals surface area contributed by atoms with Gasteiger partial charge in [-0.2, -0.15) is 5.26 Å². The lowest BCUT2D eigenvalue weighted by Gasteiger charge is -2.41. The lowest BCUT2D eigenvalue weighted by Crippen LogP contribution is -2.54. The third-order valence-electron chi connectivity index (χ3n) is 12.9. The molecule has 12 nitrogen and oxygen atoms in total. The third-order valence-corrected chi connectivity index (χ3v) is 12.9. The van der Waals surface area contributed by atoms with E-state index < -0.39 is 35.1 Å². The lowest BCUT2D eigenvalue weighted by molar-refractivity contribution is -0.136. The molecule has 0 saturated carbocycles. The van der Waals surface area contributed by atoms with Crippen molar-refractivity contribution in [3.05, 3.63) is 93.2 Å². The molecule has 3 fully saturated rings. The van der Waals surface area contributed by atoms with Gasteiger partial charge in [0.05, 0.1) is 28.3 Å². The first-order valence-electron chi connectivity index (χ1n) is 19.8. The first-order chi connectivity index (χ1) is 27.0. The standard InChI is InChI=1S/C44H45N7O5/c1-4-27-20-32-33(44(2,3)40-38(39(32)53)30-7-5-26(23-45)19-34(30)46-40)22-36(27)50-13-11-25(12-14-50)24-48-15-17-49(18-16-48)28-6-8-29-31(21-28)43(56)51(42(29)55)35-9-10-37(52)47-41(35)54/h5-8,19-22,25,35,46H,4,9-18,24H2,1-3H3,(H,47,52,54). The number of nitriles is 1. The number of anilines is 2. The molecule has 0 radical (unpaired) electrons. The number of hydrogen-bond acceptors (Lipinski definition) is 9. The number of benzene rings is 3. The van der Waals surface area contributed by atoms with Crippen LogP contribution in [0.15, 0.2) is 48.5 Å². The monoisotopic (exact) mass is 751 g/mol. The zero-order valence-electron chi connectivity index (χ0n) is 32.0. The maximum Gasteiger partial charge on any atom is 0.262 e. The van der Waals surface area contributed by atoms with Crippen LogP contribution in [0.1, 0.15) is 105 Å². The van der Waals surface area contributed by atoms with Crippen molar-refractivity contribution < 1.29 is 24.0 Å². The number of piperazine rings is 1. The summed E-state index contributed by atoms with van der Waals surface area (Å²) in [7, 11) is 0. The third kappa shape index (κ3) is 5.70. The molecule has 4 aliphatic heterocycles. The van der Waals surface area contributed by atoms with Crippen LogP contribution in [0.4, 0.5) is 11.4 Å². The van der Waals surface area contributed by atoms with E-state index in [-0.39, 0.29) is 18.6 Å². The van der Waals surface area contributed by atoms with Gasteiger partial charge in [0.1, 0.15) is 6.04 Å². The summed E-state index contributed by atoms with van der Waals surface area (Å²) in [5.41, 5.74) is 8.32. The number of imide groups is 2. The average molecular weight is 752 g/mol. The van der Waals surface area contributed by atoms with E-state index in [1.165, 1.54) is 11.3 Å². The number of aromatic amines is 1. The fourth-order valence-electron chi connectivity index (χ4n) is 9.72. The summed E-state index contributed by atoms with van der Waals surface area (Å²) in [5.74, 6) is -1.34. The van der Waals surface area contributed by atoms with Crippen molar-refractivity contribution in [1.29, 1.82) is 5.26 Å². The van der Waals surface area contributed by atoms with Gasteiger partial charge in [-0.05, 0) is 85.2 Å². The van der Waals surface area contributed by atoms with E-state index >= 15 is 0 Å². The van der Waals surface area contributed by atoms with Crippen molar-refractivity contribution in [1.82, 2.24) is 20.1 Å². The van der Waals surface area contributed by atoms with Gasteiger partial charge >= 0.3 is 0 Å². The molecule has 1 aliphatic carbocycles. The van der Waals surface area contributed by atoms with Gasteiger partial charge in [0.2, 0.25) is 11.8 Å². The molecule has 3 saturated heterocycles. The zero-order chi connectivity index (χ0) is 39.0. The van der Waals surface area contributed by atoms with E-state index in [0.29, 0.717) is 22.6 Å². The number of ketones is 1. The van der Waals surface area contributed by atoms with Crippen LogP contribution < -0.4 is 15.1 Å². The second-order valence-corrected chi connectivity index (χ2v) is 16.5. The summed E-state index contributed by atoms with van der Waals surface area (Å²) in [6, 6.07) is 16.5. The molecule has 12 heteroatoms. The summed E-state index contributed by atoms with van der Waals surface area (Å²) in [6.07, 6.45) is 3.23. The van der Waals surface area contributed by atoms with Gasteiger partial charge in [0, 0.05) is 91.2 Å². The predicted octanol–water partition coefficient (Wildman–Crippen LogP) is 4.91. The Morgan fingerprint density at radius 2 is 1.57 bits per heavy atom. The zero-order valence-corrected chi connectivity index (χ0v) is 32.0. The first kappa shape index (κ1) is 35.9. The molecule has 1 atom stereocenters. The maximum atomic E-state index is 14.1. The van der Waals surface area contributed by atoms with Gasteiger partial charge < -0.3 is 14.8 Å². The number of carbonyl (C=O) groups excluding carboxylic acids is 5. The summed E-state index contributed by atoms with van der Waals surface area (Å²) in [5, 5.41) is 12.6. The average Bonchev–Trinajstić information content (AvgIpc) is 3.72. The highest BCUT2D eigenvalue weighted by Gasteiger charge is 2.45. The number of carbonyl (C=O) groups is 5. The van der Waals surface area contributed by atoms with Crippen LogP contribution in [-0.4, -0.2) is 96.1 Å². The number of hydrogen-bond donors (Lipinski definition) is 2.